The van der Waals surface area contributed by atoms with Crippen LogP contribution in [0.2, 0.25) is 5.02 Å². The normalized spacial score (nSPS) is 15.3. The number of aliphatic imine (C=N–C) groups is 1. The van der Waals surface area contributed by atoms with Gasteiger partial charge in [0, 0.05) is 45.3 Å². The summed E-state index contributed by atoms with van der Waals surface area (Å²) in [6, 6.07) is 7.47. The quantitative estimate of drug-likeness (QED) is 0.437. The lowest BCUT2D eigenvalue weighted by Gasteiger charge is -2.36. The highest BCUT2D eigenvalue weighted by Gasteiger charge is 2.22. The van der Waals surface area contributed by atoms with Crippen molar-refractivity contribution >= 4 is 47.4 Å². The van der Waals surface area contributed by atoms with E-state index in [1.165, 1.54) is 0 Å². The topological polar surface area (TPSA) is 47.9 Å². The van der Waals surface area contributed by atoms with Crippen molar-refractivity contribution in [1.29, 1.82) is 0 Å². The van der Waals surface area contributed by atoms with Gasteiger partial charge in [0.05, 0.1) is 6.42 Å². The third-order valence-corrected chi connectivity index (χ3v) is 3.85. The average Bonchev–Trinajstić information content (AvgIpc) is 2.49. The highest BCUT2D eigenvalue weighted by Crippen LogP contribution is 2.13. The molecule has 1 aromatic carbocycles. The zero-order valence-electron chi connectivity index (χ0n) is 12.9. The molecular weight excluding hydrogens is 415 g/mol. The first-order chi connectivity index (χ1) is 10.1. The number of rotatable bonds is 2. The van der Waals surface area contributed by atoms with E-state index in [2.05, 4.69) is 15.2 Å². The summed E-state index contributed by atoms with van der Waals surface area (Å²) >= 11 is 5.95. The Kier molecular flexibility index (Phi) is 7.95. The number of amides is 1. The Labute approximate surface area is 153 Å². The van der Waals surface area contributed by atoms with Gasteiger partial charge in [0.2, 0.25) is 5.91 Å². The van der Waals surface area contributed by atoms with Crippen LogP contribution in [0.4, 0.5) is 0 Å². The van der Waals surface area contributed by atoms with E-state index in [-0.39, 0.29) is 29.9 Å². The number of hydrogen-bond acceptors (Lipinski definition) is 2. The number of piperazine rings is 1. The Hall–Kier alpha value is -1.02. The van der Waals surface area contributed by atoms with Gasteiger partial charge in [0.15, 0.2) is 5.96 Å². The molecule has 1 fully saturated rings. The van der Waals surface area contributed by atoms with Crippen molar-refractivity contribution < 1.29 is 4.79 Å². The van der Waals surface area contributed by atoms with Gasteiger partial charge in [-0.3, -0.25) is 9.79 Å². The fourth-order valence-electron chi connectivity index (χ4n) is 2.51. The van der Waals surface area contributed by atoms with Crippen LogP contribution < -0.4 is 5.32 Å². The zero-order chi connectivity index (χ0) is 15.2. The highest BCUT2D eigenvalue weighted by molar-refractivity contribution is 14.0. The predicted octanol–water partition coefficient (Wildman–Crippen LogP) is 1.85. The summed E-state index contributed by atoms with van der Waals surface area (Å²) in [4.78, 5) is 20.6. The predicted molar refractivity (Wildman–Crippen MR) is 101 cm³/mol. The van der Waals surface area contributed by atoms with E-state index in [9.17, 15) is 4.79 Å². The molecule has 0 spiro atoms. The molecule has 7 heteroatoms. The summed E-state index contributed by atoms with van der Waals surface area (Å²) in [5, 5.41) is 3.74. The van der Waals surface area contributed by atoms with Crippen molar-refractivity contribution in [2.45, 2.75) is 6.42 Å². The number of carbonyl (C=O) groups is 1. The van der Waals surface area contributed by atoms with Crippen LogP contribution in [0.15, 0.2) is 29.3 Å². The second kappa shape index (κ2) is 9.19. The SMILES string of the molecule is CN=C(NC)N1CCN(C(=O)Cc2cccc(Cl)c2)CC1.I. The minimum atomic E-state index is 0. The lowest BCUT2D eigenvalue weighted by molar-refractivity contribution is -0.131. The lowest BCUT2D eigenvalue weighted by Crippen LogP contribution is -2.53. The number of carbonyl (C=O) groups excluding carboxylic acids is 1. The lowest BCUT2D eigenvalue weighted by atomic mass is 10.1. The van der Waals surface area contributed by atoms with E-state index < -0.39 is 0 Å². The van der Waals surface area contributed by atoms with Crippen LogP contribution in [0.1, 0.15) is 5.56 Å². The molecule has 1 heterocycles. The molecule has 0 bridgehead atoms. The monoisotopic (exact) mass is 436 g/mol. The molecule has 1 aliphatic heterocycles. The summed E-state index contributed by atoms with van der Waals surface area (Å²) in [6.07, 6.45) is 0.404. The summed E-state index contributed by atoms with van der Waals surface area (Å²) in [5.41, 5.74) is 0.959. The van der Waals surface area contributed by atoms with Crippen LogP contribution in [0, 0.1) is 0 Å². The van der Waals surface area contributed by atoms with E-state index in [4.69, 9.17) is 11.6 Å². The molecule has 5 nitrogen and oxygen atoms in total. The van der Waals surface area contributed by atoms with Crippen molar-refractivity contribution in [3.05, 3.63) is 34.9 Å². The van der Waals surface area contributed by atoms with Gasteiger partial charge in [-0.1, -0.05) is 23.7 Å². The van der Waals surface area contributed by atoms with Crippen molar-refractivity contribution in [3.8, 4) is 0 Å². The number of guanidine groups is 1. The number of nitrogens with zero attached hydrogens (tertiary/aromatic N) is 3. The third-order valence-electron chi connectivity index (χ3n) is 3.61. The molecule has 0 aromatic heterocycles. The minimum absolute atomic E-state index is 0. The van der Waals surface area contributed by atoms with E-state index >= 15 is 0 Å². The Morgan fingerprint density at radius 1 is 1.27 bits per heavy atom. The van der Waals surface area contributed by atoms with Gasteiger partial charge in [-0.25, -0.2) is 0 Å². The smallest absolute Gasteiger partial charge is 0.227 e. The van der Waals surface area contributed by atoms with Crippen LogP contribution in [-0.2, 0) is 11.2 Å². The third kappa shape index (κ3) is 5.01. The van der Waals surface area contributed by atoms with Gasteiger partial charge in [0.25, 0.3) is 0 Å². The molecule has 1 aromatic rings. The van der Waals surface area contributed by atoms with Crippen LogP contribution in [0.3, 0.4) is 0 Å². The zero-order valence-corrected chi connectivity index (χ0v) is 16.0. The standard InChI is InChI=1S/C15H21ClN4O.HI/c1-17-15(18-2)20-8-6-19(7-9-20)14(21)11-12-4-3-5-13(16)10-12;/h3-5,10H,6-9,11H2,1-2H3,(H,17,18);1H. The fourth-order valence-corrected chi connectivity index (χ4v) is 2.73. The molecule has 1 aliphatic rings. The summed E-state index contributed by atoms with van der Waals surface area (Å²) in [5.74, 6) is 1.02. The summed E-state index contributed by atoms with van der Waals surface area (Å²) in [7, 11) is 3.63. The molecule has 22 heavy (non-hydrogen) atoms. The molecule has 0 unspecified atom stereocenters. The van der Waals surface area contributed by atoms with Crippen LogP contribution in [0.25, 0.3) is 0 Å². The van der Waals surface area contributed by atoms with Gasteiger partial charge in [-0.05, 0) is 17.7 Å². The van der Waals surface area contributed by atoms with Crippen molar-refractivity contribution in [3.63, 3.8) is 0 Å². The maximum Gasteiger partial charge on any atom is 0.227 e. The molecule has 122 valence electrons. The molecular formula is C15H22ClIN4O. The molecule has 0 aliphatic carbocycles. The Morgan fingerprint density at radius 2 is 1.91 bits per heavy atom. The van der Waals surface area contributed by atoms with Crippen molar-refractivity contribution in [2.24, 2.45) is 4.99 Å². The summed E-state index contributed by atoms with van der Waals surface area (Å²) in [6.45, 7) is 3.05. The average molecular weight is 437 g/mol. The van der Waals surface area contributed by atoms with Crippen LogP contribution in [0.5, 0.6) is 0 Å². The Morgan fingerprint density at radius 3 is 2.45 bits per heavy atom. The molecule has 0 saturated carbocycles. The van der Waals surface area contributed by atoms with Crippen molar-refractivity contribution in [2.75, 3.05) is 40.3 Å². The highest BCUT2D eigenvalue weighted by atomic mass is 127. The van der Waals surface area contributed by atoms with Gasteiger partial charge >= 0.3 is 0 Å². The molecule has 2 rings (SSSR count). The van der Waals surface area contributed by atoms with Crippen LogP contribution >= 0.6 is 35.6 Å². The van der Waals surface area contributed by atoms with E-state index in [0.717, 1.165) is 37.7 Å². The Balaban J connectivity index is 0.00000242. The number of hydrogen-bond donors (Lipinski definition) is 1. The molecule has 0 radical (unpaired) electrons. The van der Waals surface area contributed by atoms with E-state index in [1.54, 1.807) is 7.05 Å². The van der Waals surface area contributed by atoms with Gasteiger partial charge in [-0.15, -0.1) is 24.0 Å². The molecule has 1 amide bonds. The van der Waals surface area contributed by atoms with Gasteiger partial charge in [-0.2, -0.15) is 0 Å². The van der Waals surface area contributed by atoms with Gasteiger partial charge < -0.3 is 15.1 Å². The van der Waals surface area contributed by atoms with Gasteiger partial charge in [0.1, 0.15) is 0 Å². The fraction of sp³-hybridized carbons (Fsp3) is 0.467. The van der Waals surface area contributed by atoms with E-state index in [1.807, 2.05) is 36.2 Å². The minimum Gasteiger partial charge on any atom is -0.359 e. The number of halogens is 2. The molecule has 1 saturated heterocycles. The Bertz CT molecular complexity index is 530. The first kappa shape index (κ1) is 19.0. The maximum atomic E-state index is 12.3. The summed E-state index contributed by atoms with van der Waals surface area (Å²) < 4.78 is 0. The largest absolute Gasteiger partial charge is 0.359 e. The van der Waals surface area contributed by atoms with Crippen LogP contribution in [-0.4, -0.2) is 61.9 Å². The number of nitrogens with one attached hydrogen (secondary N) is 1. The first-order valence-electron chi connectivity index (χ1n) is 7.05. The maximum absolute atomic E-state index is 12.3. The first-order valence-corrected chi connectivity index (χ1v) is 7.43. The molecule has 1 N–H and O–H groups in total. The second-order valence-electron chi connectivity index (χ2n) is 4.97. The molecule has 0 atom stereocenters. The van der Waals surface area contributed by atoms with Crippen molar-refractivity contribution in [1.82, 2.24) is 15.1 Å². The second-order valence-corrected chi connectivity index (χ2v) is 5.41. The van der Waals surface area contributed by atoms with E-state index in [0.29, 0.717) is 11.4 Å². The number of benzene rings is 1.